The highest BCUT2D eigenvalue weighted by atomic mass is 32.1. The van der Waals surface area contributed by atoms with E-state index in [1.165, 1.54) is 58.8 Å². The van der Waals surface area contributed by atoms with Crippen molar-refractivity contribution in [3.8, 4) is 11.3 Å². The standard InChI is InChI=1S/C28H37N3S/c1-27(2)12-13-28(3,4)24-17-21(8-9-23(24)27)25-19-32-26(29-25)20-10-15-31(16-11-20)18-22-7-6-14-30(22)5/h6-9,14,17,19-20H,10-13,15-16,18H2,1-5H3. The maximum absolute atomic E-state index is 5.15. The number of benzene rings is 1. The summed E-state index contributed by atoms with van der Waals surface area (Å²) in [6, 6.07) is 11.5. The van der Waals surface area contributed by atoms with E-state index in [1.54, 1.807) is 0 Å². The molecular formula is C28H37N3S. The minimum Gasteiger partial charge on any atom is -0.353 e. The number of hydrogen-bond donors (Lipinski definition) is 0. The van der Waals surface area contributed by atoms with Crippen molar-refractivity contribution in [2.45, 2.75) is 76.7 Å². The van der Waals surface area contributed by atoms with Crippen molar-refractivity contribution in [1.82, 2.24) is 14.5 Å². The summed E-state index contributed by atoms with van der Waals surface area (Å²) in [5, 5.41) is 3.62. The molecule has 2 aromatic heterocycles. The number of likely N-dealkylation sites (tertiary alicyclic amines) is 1. The smallest absolute Gasteiger partial charge is 0.0964 e. The van der Waals surface area contributed by atoms with Gasteiger partial charge in [0.15, 0.2) is 0 Å². The van der Waals surface area contributed by atoms with E-state index in [1.807, 2.05) is 11.3 Å². The number of rotatable bonds is 4. The Morgan fingerprint density at radius 3 is 2.41 bits per heavy atom. The lowest BCUT2D eigenvalue weighted by atomic mass is 9.63. The monoisotopic (exact) mass is 447 g/mol. The molecular weight excluding hydrogens is 410 g/mol. The second-order valence-electron chi connectivity index (χ2n) is 11.3. The molecule has 0 bridgehead atoms. The molecule has 32 heavy (non-hydrogen) atoms. The van der Waals surface area contributed by atoms with Crippen LogP contribution in [0, 0.1) is 0 Å². The van der Waals surface area contributed by atoms with Crippen LogP contribution in [0.2, 0.25) is 0 Å². The molecule has 5 rings (SSSR count). The largest absolute Gasteiger partial charge is 0.353 e. The lowest BCUT2D eigenvalue weighted by Gasteiger charge is -2.42. The van der Waals surface area contributed by atoms with Gasteiger partial charge in [0.05, 0.1) is 10.7 Å². The fourth-order valence-corrected chi connectivity index (χ4v) is 6.58. The zero-order valence-corrected chi connectivity index (χ0v) is 21.1. The van der Waals surface area contributed by atoms with Gasteiger partial charge in [-0.25, -0.2) is 4.98 Å². The van der Waals surface area contributed by atoms with Gasteiger partial charge in [0, 0.05) is 42.3 Å². The highest BCUT2D eigenvalue weighted by Gasteiger charge is 2.37. The van der Waals surface area contributed by atoms with E-state index < -0.39 is 0 Å². The van der Waals surface area contributed by atoms with Crippen LogP contribution in [-0.2, 0) is 24.4 Å². The summed E-state index contributed by atoms with van der Waals surface area (Å²) in [5.74, 6) is 0.603. The predicted octanol–water partition coefficient (Wildman–Crippen LogP) is 6.88. The Kier molecular flexibility index (Phi) is 5.58. The zero-order valence-electron chi connectivity index (χ0n) is 20.3. The molecule has 0 unspecified atom stereocenters. The molecule has 4 heteroatoms. The first-order valence-electron chi connectivity index (χ1n) is 12.2. The Morgan fingerprint density at radius 2 is 1.72 bits per heavy atom. The van der Waals surface area contributed by atoms with E-state index in [4.69, 9.17) is 4.98 Å². The van der Waals surface area contributed by atoms with Crippen LogP contribution in [0.15, 0.2) is 41.9 Å². The van der Waals surface area contributed by atoms with E-state index >= 15 is 0 Å². The van der Waals surface area contributed by atoms with Crippen LogP contribution in [0.5, 0.6) is 0 Å². The van der Waals surface area contributed by atoms with Gasteiger partial charge in [-0.05, 0) is 78.9 Å². The highest BCUT2D eigenvalue weighted by molar-refractivity contribution is 7.10. The first-order valence-corrected chi connectivity index (χ1v) is 13.0. The molecule has 3 nitrogen and oxygen atoms in total. The van der Waals surface area contributed by atoms with Crippen LogP contribution >= 0.6 is 11.3 Å². The van der Waals surface area contributed by atoms with Gasteiger partial charge in [-0.3, -0.25) is 4.90 Å². The molecule has 0 N–H and O–H groups in total. The van der Waals surface area contributed by atoms with E-state index in [0.717, 1.165) is 19.6 Å². The molecule has 2 aliphatic rings. The van der Waals surface area contributed by atoms with Crippen molar-refractivity contribution in [2.24, 2.45) is 7.05 Å². The average Bonchev–Trinajstić information content (AvgIpc) is 3.42. The van der Waals surface area contributed by atoms with Crippen molar-refractivity contribution in [2.75, 3.05) is 13.1 Å². The molecule has 170 valence electrons. The Morgan fingerprint density at radius 1 is 1.00 bits per heavy atom. The summed E-state index contributed by atoms with van der Waals surface area (Å²) in [5.41, 5.74) is 7.41. The van der Waals surface area contributed by atoms with E-state index in [0.29, 0.717) is 5.92 Å². The summed E-state index contributed by atoms with van der Waals surface area (Å²) in [4.78, 5) is 7.74. The van der Waals surface area contributed by atoms with Crippen molar-refractivity contribution >= 4 is 11.3 Å². The second kappa shape index (κ2) is 8.14. The van der Waals surface area contributed by atoms with Crippen molar-refractivity contribution < 1.29 is 0 Å². The first kappa shape index (κ1) is 21.9. The Bertz CT molecular complexity index is 1100. The third kappa shape index (κ3) is 4.08. The predicted molar refractivity (Wildman–Crippen MR) is 136 cm³/mol. The van der Waals surface area contributed by atoms with Crippen LogP contribution < -0.4 is 0 Å². The fraction of sp³-hybridized carbons (Fsp3) is 0.536. The Hall–Kier alpha value is -1.91. The van der Waals surface area contributed by atoms with Gasteiger partial charge >= 0.3 is 0 Å². The number of piperidine rings is 1. The van der Waals surface area contributed by atoms with Crippen molar-refractivity contribution in [3.05, 3.63) is 63.7 Å². The van der Waals surface area contributed by atoms with Crippen LogP contribution in [0.25, 0.3) is 11.3 Å². The van der Waals surface area contributed by atoms with Gasteiger partial charge in [-0.1, -0.05) is 39.8 Å². The lowest BCUT2D eigenvalue weighted by Crippen LogP contribution is -2.33. The number of nitrogens with zero attached hydrogens (tertiary/aromatic N) is 3. The van der Waals surface area contributed by atoms with E-state index in [9.17, 15) is 0 Å². The summed E-state index contributed by atoms with van der Waals surface area (Å²) >= 11 is 1.86. The Balaban J connectivity index is 1.30. The molecule has 1 fully saturated rings. The molecule has 1 aliphatic carbocycles. The minimum absolute atomic E-state index is 0.241. The lowest BCUT2D eigenvalue weighted by molar-refractivity contribution is 0.201. The van der Waals surface area contributed by atoms with Crippen molar-refractivity contribution in [1.29, 1.82) is 0 Å². The van der Waals surface area contributed by atoms with Crippen LogP contribution in [0.3, 0.4) is 0 Å². The summed E-state index contributed by atoms with van der Waals surface area (Å²) in [6.07, 6.45) is 7.07. The normalized spacial score (nSPS) is 20.9. The molecule has 1 aromatic carbocycles. The maximum atomic E-state index is 5.15. The highest BCUT2D eigenvalue weighted by Crippen LogP contribution is 2.47. The summed E-state index contributed by atoms with van der Waals surface area (Å²) in [7, 11) is 2.14. The SMILES string of the molecule is Cn1cccc1CN1CCC(c2nc(-c3ccc4c(c3)C(C)(C)CCC4(C)C)cs2)CC1. The van der Waals surface area contributed by atoms with E-state index in [2.05, 4.69) is 86.1 Å². The number of fused-ring (bicyclic) bond motifs is 1. The topological polar surface area (TPSA) is 21.1 Å². The van der Waals surface area contributed by atoms with Crippen LogP contribution in [-0.4, -0.2) is 27.5 Å². The summed E-state index contributed by atoms with van der Waals surface area (Å²) in [6.45, 7) is 13.0. The minimum atomic E-state index is 0.241. The Labute approximate surface area is 197 Å². The number of hydrogen-bond acceptors (Lipinski definition) is 3. The molecule has 3 heterocycles. The first-order chi connectivity index (χ1) is 15.2. The summed E-state index contributed by atoms with van der Waals surface area (Å²) < 4.78 is 2.24. The third-order valence-electron chi connectivity index (χ3n) is 8.04. The van der Waals surface area contributed by atoms with Gasteiger partial charge < -0.3 is 4.57 Å². The average molecular weight is 448 g/mol. The molecule has 0 atom stereocenters. The van der Waals surface area contributed by atoms with Gasteiger partial charge in [-0.2, -0.15) is 0 Å². The van der Waals surface area contributed by atoms with Crippen molar-refractivity contribution in [3.63, 3.8) is 0 Å². The van der Waals surface area contributed by atoms with Gasteiger partial charge in [-0.15, -0.1) is 11.3 Å². The maximum Gasteiger partial charge on any atom is 0.0964 e. The molecule has 3 aromatic rings. The molecule has 0 radical (unpaired) electrons. The second-order valence-corrected chi connectivity index (χ2v) is 12.1. The molecule has 0 spiro atoms. The number of thiazole rings is 1. The van der Waals surface area contributed by atoms with E-state index in [-0.39, 0.29) is 10.8 Å². The van der Waals surface area contributed by atoms with Gasteiger partial charge in [0.25, 0.3) is 0 Å². The fourth-order valence-electron chi connectivity index (χ4n) is 5.58. The van der Waals surface area contributed by atoms with Gasteiger partial charge in [0.1, 0.15) is 0 Å². The van der Waals surface area contributed by atoms with Crippen LogP contribution in [0.1, 0.15) is 81.1 Å². The molecule has 0 saturated carbocycles. The van der Waals surface area contributed by atoms with Gasteiger partial charge in [0.2, 0.25) is 0 Å². The number of aryl methyl sites for hydroxylation is 1. The zero-order chi connectivity index (χ0) is 22.5. The quantitative estimate of drug-likeness (QED) is 0.435. The molecule has 1 aliphatic heterocycles. The molecule has 1 saturated heterocycles. The van der Waals surface area contributed by atoms with Crippen LogP contribution in [0.4, 0.5) is 0 Å². The third-order valence-corrected chi connectivity index (χ3v) is 9.05. The number of aromatic nitrogens is 2. The molecule has 0 amide bonds.